The van der Waals surface area contributed by atoms with Gasteiger partial charge in [-0.2, -0.15) is 0 Å². The van der Waals surface area contributed by atoms with Crippen molar-refractivity contribution in [2.75, 3.05) is 20.7 Å². The number of nitrogens with zero attached hydrogens (tertiary/aromatic N) is 1. The summed E-state index contributed by atoms with van der Waals surface area (Å²) >= 11 is 0. The van der Waals surface area contributed by atoms with Crippen LogP contribution in [-0.2, 0) is 11.3 Å². The van der Waals surface area contributed by atoms with Crippen LogP contribution in [-0.4, -0.2) is 42.8 Å². The lowest BCUT2D eigenvalue weighted by Gasteiger charge is -2.34. The molecule has 0 spiro atoms. The molecule has 104 valence electrons. The molecule has 0 atom stereocenters. The Hall–Kier alpha value is -1.39. The molecule has 0 amide bonds. The number of aliphatic hydroxyl groups excluding tert-OH is 1. The molecule has 1 fully saturated rings. The molecule has 1 aliphatic rings. The Morgan fingerprint density at radius 3 is 2.53 bits per heavy atom. The van der Waals surface area contributed by atoms with Gasteiger partial charge >= 0.3 is 5.97 Å². The predicted octanol–water partition coefficient (Wildman–Crippen LogP) is 1.68. The first-order valence-electron chi connectivity index (χ1n) is 6.62. The summed E-state index contributed by atoms with van der Waals surface area (Å²) in [7, 11) is 3.47. The number of aliphatic hydroxyl groups is 1. The second-order valence-corrected chi connectivity index (χ2v) is 5.38. The normalized spacial score (nSPS) is 22.1. The maximum Gasteiger partial charge on any atom is 0.337 e. The van der Waals surface area contributed by atoms with E-state index in [1.54, 1.807) is 12.1 Å². The van der Waals surface area contributed by atoms with Crippen LogP contribution >= 0.6 is 0 Å². The third-order valence-corrected chi connectivity index (χ3v) is 3.61. The van der Waals surface area contributed by atoms with Crippen LogP contribution in [0.4, 0.5) is 0 Å². The molecule has 0 aromatic heterocycles. The molecule has 2 rings (SSSR count). The summed E-state index contributed by atoms with van der Waals surface area (Å²) in [6, 6.07) is 7.50. The summed E-state index contributed by atoms with van der Waals surface area (Å²) in [4.78, 5) is 13.6. The van der Waals surface area contributed by atoms with Crippen LogP contribution in [0.3, 0.4) is 0 Å². The van der Waals surface area contributed by atoms with Crippen molar-refractivity contribution in [2.45, 2.75) is 25.5 Å². The number of esters is 1. The van der Waals surface area contributed by atoms with Gasteiger partial charge < -0.3 is 14.7 Å². The Labute approximate surface area is 114 Å². The highest BCUT2D eigenvalue weighted by molar-refractivity contribution is 5.89. The van der Waals surface area contributed by atoms with Gasteiger partial charge in [0.2, 0.25) is 0 Å². The fourth-order valence-electron chi connectivity index (χ4n) is 2.53. The number of rotatable bonds is 5. The Morgan fingerprint density at radius 2 is 2.00 bits per heavy atom. The predicted molar refractivity (Wildman–Crippen MR) is 72.8 cm³/mol. The van der Waals surface area contributed by atoms with Crippen molar-refractivity contribution in [1.82, 2.24) is 4.90 Å². The first-order chi connectivity index (χ1) is 9.08. The lowest BCUT2D eigenvalue weighted by Crippen LogP contribution is -2.36. The van der Waals surface area contributed by atoms with Gasteiger partial charge in [-0.05, 0) is 43.5 Å². The average Bonchev–Trinajstić information content (AvgIpc) is 2.37. The summed E-state index contributed by atoms with van der Waals surface area (Å²) < 4.78 is 4.67. The molecule has 0 saturated heterocycles. The van der Waals surface area contributed by atoms with Gasteiger partial charge in [0.25, 0.3) is 0 Å². The van der Waals surface area contributed by atoms with Crippen molar-refractivity contribution in [2.24, 2.45) is 5.92 Å². The van der Waals surface area contributed by atoms with E-state index in [2.05, 4.69) is 16.7 Å². The maximum absolute atomic E-state index is 11.3. The van der Waals surface area contributed by atoms with Gasteiger partial charge in [-0.3, -0.25) is 0 Å². The highest BCUT2D eigenvalue weighted by Gasteiger charge is 2.27. The van der Waals surface area contributed by atoms with Gasteiger partial charge in [-0.1, -0.05) is 12.1 Å². The molecule has 1 saturated carbocycles. The molecule has 4 heteroatoms. The topological polar surface area (TPSA) is 49.8 Å². The first-order valence-corrected chi connectivity index (χ1v) is 6.62. The SMILES string of the molecule is COC(=O)c1ccc(CN(C)CC2CC(O)C2)cc1. The second kappa shape index (κ2) is 6.17. The maximum atomic E-state index is 11.3. The fraction of sp³-hybridized carbons (Fsp3) is 0.533. The van der Waals surface area contributed by atoms with E-state index in [1.807, 2.05) is 12.1 Å². The van der Waals surface area contributed by atoms with E-state index in [0.717, 1.165) is 25.9 Å². The Kier molecular flexibility index (Phi) is 4.56. The largest absolute Gasteiger partial charge is 0.465 e. The molecule has 4 nitrogen and oxygen atoms in total. The molecular weight excluding hydrogens is 242 g/mol. The summed E-state index contributed by atoms with van der Waals surface area (Å²) in [6.45, 7) is 1.86. The van der Waals surface area contributed by atoms with E-state index < -0.39 is 0 Å². The van der Waals surface area contributed by atoms with Crippen molar-refractivity contribution in [3.63, 3.8) is 0 Å². The fourth-order valence-corrected chi connectivity index (χ4v) is 2.53. The van der Waals surface area contributed by atoms with Gasteiger partial charge in [0, 0.05) is 13.1 Å². The molecule has 1 aromatic carbocycles. The molecule has 0 heterocycles. The van der Waals surface area contributed by atoms with Crippen LogP contribution in [0.15, 0.2) is 24.3 Å². The van der Waals surface area contributed by atoms with Crippen LogP contribution in [0.5, 0.6) is 0 Å². The van der Waals surface area contributed by atoms with Crippen LogP contribution in [0.1, 0.15) is 28.8 Å². The van der Waals surface area contributed by atoms with E-state index in [0.29, 0.717) is 11.5 Å². The number of benzene rings is 1. The summed E-state index contributed by atoms with van der Waals surface area (Å²) in [6.07, 6.45) is 1.76. The van der Waals surface area contributed by atoms with Crippen LogP contribution < -0.4 is 0 Å². The molecule has 0 radical (unpaired) electrons. The zero-order valence-electron chi connectivity index (χ0n) is 11.5. The molecule has 0 aliphatic heterocycles. The quantitative estimate of drug-likeness (QED) is 0.821. The number of hydrogen-bond donors (Lipinski definition) is 1. The zero-order chi connectivity index (χ0) is 13.8. The van der Waals surface area contributed by atoms with Crippen molar-refractivity contribution >= 4 is 5.97 Å². The van der Waals surface area contributed by atoms with E-state index in [9.17, 15) is 9.90 Å². The zero-order valence-corrected chi connectivity index (χ0v) is 11.5. The molecule has 1 aliphatic carbocycles. The summed E-state index contributed by atoms with van der Waals surface area (Å²) in [5.74, 6) is 0.317. The van der Waals surface area contributed by atoms with Crippen LogP contribution in [0.25, 0.3) is 0 Å². The van der Waals surface area contributed by atoms with Gasteiger partial charge in [0.1, 0.15) is 0 Å². The molecule has 0 bridgehead atoms. The van der Waals surface area contributed by atoms with Gasteiger partial charge in [0.15, 0.2) is 0 Å². The van der Waals surface area contributed by atoms with Crippen molar-refractivity contribution < 1.29 is 14.6 Å². The van der Waals surface area contributed by atoms with Gasteiger partial charge in [-0.25, -0.2) is 4.79 Å². The Balaban J connectivity index is 1.83. The highest BCUT2D eigenvalue weighted by Crippen LogP contribution is 2.27. The summed E-state index contributed by atoms with van der Waals surface area (Å²) in [5.41, 5.74) is 1.76. The minimum Gasteiger partial charge on any atom is -0.465 e. The lowest BCUT2D eigenvalue weighted by atomic mass is 9.82. The summed E-state index contributed by atoms with van der Waals surface area (Å²) in [5, 5.41) is 9.26. The highest BCUT2D eigenvalue weighted by atomic mass is 16.5. The third-order valence-electron chi connectivity index (χ3n) is 3.61. The number of carbonyl (C=O) groups excluding carboxylic acids is 1. The molecule has 19 heavy (non-hydrogen) atoms. The Morgan fingerprint density at radius 1 is 1.37 bits per heavy atom. The van der Waals surface area contributed by atoms with Crippen molar-refractivity contribution in [3.8, 4) is 0 Å². The van der Waals surface area contributed by atoms with Crippen molar-refractivity contribution in [1.29, 1.82) is 0 Å². The molecule has 1 N–H and O–H groups in total. The minimum atomic E-state index is -0.302. The first kappa shape index (κ1) is 14.0. The number of hydrogen-bond acceptors (Lipinski definition) is 4. The van der Waals surface area contributed by atoms with E-state index >= 15 is 0 Å². The minimum absolute atomic E-state index is 0.0854. The van der Waals surface area contributed by atoms with Crippen molar-refractivity contribution in [3.05, 3.63) is 35.4 Å². The van der Waals surface area contributed by atoms with E-state index in [-0.39, 0.29) is 12.1 Å². The van der Waals surface area contributed by atoms with Crippen LogP contribution in [0, 0.1) is 5.92 Å². The lowest BCUT2D eigenvalue weighted by molar-refractivity contribution is 0.0274. The molecule has 1 aromatic rings. The number of ether oxygens (including phenoxy) is 1. The monoisotopic (exact) mass is 263 g/mol. The second-order valence-electron chi connectivity index (χ2n) is 5.38. The standard InChI is InChI=1S/C15H21NO3/c1-16(10-12-7-14(17)8-12)9-11-3-5-13(6-4-11)15(18)19-2/h3-6,12,14,17H,7-10H2,1-2H3. The average molecular weight is 263 g/mol. The van der Waals surface area contributed by atoms with E-state index in [4.69, 9.17) is 0 Å². The van der Waals surface area contributed by atoms with Crippen LogP contribution in [0.2, 0.25) is 0 Å². The number of carbonyl (C=O) groups is 1. The molecule has 0 unspecified atom stereocenters. The van der Waals surface area contributed by atoms with Gasteiger partial charge in [0.05, 0.1) is 18.8 Å². The smallest absolute Gasteiger partial charge is 0.337 e. The number of methoxy groups -OCH3 is 1. The van der Waals surface area contributed by atoms with E-state index in [1.165, 1.54) is 12.7 Å². The van der Waals surface area contributed by atoms with Gasteiger partial charge in [-0.15, -0.1) is 0 Å². The third kappa shape index (κ3) is 3.78. The Bertz CT molecular complexity index is 424. The molecular formula is C15H21NO3.